The summed E-state index contributed by atoms with van der Waals surface area (Å²) < 4.78 is 5.19. The van der Waals surface area contributed by atoms with Gasteiger partial charge in [0.1, 0.15) is 6.61 Å². The predicted octanol–water partition coefficient (Wildman–Crippen LogP) is 2.68. The molecule has 0 saturated heterocycles. The molecule has 0 aliphatic rings. The highest BCUT2D eigenvalue weighted by Gasteiger charge is 2.05. The fourth-order valence-corrected chi connectivity index (χ4v) is 1.43. The Bertz CT molecular complexity index is 383. The van der Waals surface area contributed by atoms with Crippen LogP contribution in [0, 0.1) is 0 Å². The normalized spacial score (nSPS) is 10.2. The Morgan fingerprint density at radius 1 is 1.53 bits per heavy atom. The molecule has 1 rings (SSSR count). The molecule has 0 fully saturated rings. The molecule has 1 aromatic carbocycles. The van der Waals surface area contributed by atoms with Crippen LogP contribution in [0.4, 0.5) is 11.4 Å². The Labute approximate surface area is 106 Å². The number of unbranched alkanes of at least 4 members (excludes halogenated alkanes) is 1. The molecule has 0 unspecified atom stereocenters. The zero-order valence-electron chi connectivity index (χ0n) is 9.83. The first-order valence-electron chi connectivity index (χ1n) is 5.56. The van der Waals surface area contributed by atoms with Crippen LogP contribution >= 0.6 is 11.6 Å². The lowest BCUT2D eigenvalue weighted by Crippen LogP contribution is -2.19. The molecule has 0 saturated carbocycles. The van der Waals surface area contributed by atoms with Crippen molar-refractivity contribution in [2.45, 2.75) is 19.8 Å². The smallest absolute Gasteiger partial charge is 0.250 e. The number of carbonyl (C=O) groups excluding carboxylic acids is 1. The summed E-state index contributed by atoms with van der Waals surface area (Å²) in [6, 6.07) is 4.93. The van der Waals surface area contributed by atoms with E-state index in [2.05, 4.69) is 12.2 Å². The maximum absolute atomic E-state index is 11.5. The van der Waals surface area contributed by atoms with E-state index in [0.29, 0.717) is 23.0 Å². The lowest BCUT2D eigenvalue weighted by Gasteiger charge is -2.08. The average Bonchev–Trinajstić information content (AvgIpc) is 2.28. The minimum Gasteiger partial charge on any atom is -0.397 e. The molecule has 94 valence electrons. The Kier molecular flexibility index (Phi) is 5.80. The van der Waals surface area contributed by atoms with E-state index in [1.54, 1.807) is 18.2 Å². The number of benzene rings is 1. The van der Waals surface area contributed by atoms with Gasteiger partial charge in [-0.15, -0.1) is 0 Å². The van der Waals surface area contributed by atoms with Gasteiger partial charge in [0.25, 0.3) is 0 Å². The first kappa shape index (κ1) is 13.8. The zero-order valence-corrected chi connectivity index (χ0v) is 10.6. The van der Waals surface area contributed by atoms with E-state index in [1.165, 1.54) is 0 Å². The Morgan fingerprint density at radius 2 is 2.29 bits per heavy atom. The third-order valence-electron chi connectivity index (χ3n) is 2.16. The van der Waals surface area contributed by atoms with Gasteiger partial charge in [-0.05, 0) is 24.6 Å². The summed E-state index contributed by atoms with van der Waals surface area (Å²) in [5, 5.41) is 3.21. The van der Waals surface area contributed by atoms with Gasteiger partial charge in [-0.25, -0.2) is 0 Å². The van der Waals surface area contributed by atoms with Crippen molar-refractivity contribution in [3.8, 4) is 0 Å². The van der Waals surface area contributed by atoms with E-state index in [4.69, 9.17) is 22.1 Å². The van der Waals surface area contributed by atoms with Gasteiger partial charge in [-0.1, -0.05) is 24.9 Å². The van der Waals surface area contributed by atoms with Gasteiger partial charge in [0.05, 0.1) is 11.4 Å². The molecule has 0 spiro atoms. The number of carbonyl (C=O) groups is 1. The zero-order chi connectivity index (χ0) is 12.7. The summed E-state index contributed by atoms with van der Waals surface area (Å²) in [5.41, 5.74) is 6.70. The number of ether oxygens (including phenoxy) is 1. The maximum atomic E-state index is 11.5. The SMILES string of the molecule is CCCCOCC(=O)Nc1ccc(Cl)cc1N. The van der Waals surface area contributed by atoms with Gasteiger partial charge in [-0.3, -0.25) is 4.79 Å². The van der Waals surface area contributed by atoms with Crippen LogP contribution in [0.5, 0.6) is 0 Å². The molecular formula is C12H17ClN2O2. The molecule has 0 aliphatic heterocycles. The molecule has 3 N–H and O–H groups in total. The van der Waals surface area contributed by atoms with E-state index in [1.807, 2.05) is 0 Å². The number of halogens is 1. The summed E-state index contributed by atoms with van der Waals surface area (Å²) >= 11 is 5.75. The highest BCUT2D eigenvalue weighted by atomic mass is 35.5. The van der Waals surface area contributed by atoms with Crippen LogP contribution in [0.25, 0.3) is 0 Å². The molecule has 5 heteroatoms. The first-order chi connectivity index (χ1) is 8.13. The molecule has 0 bridgehead atoms. The molecule has 0 atom stereocenters. The number of nitrogen functional groups attached to an aromatic ring is 1. The van der Waals surface area contributed by atoms with Crippen molar-refractivity contribution in [1.29, 1.82) is 0 Å². The van der Waals surface area contributed by atoms with Crippen LogP contribution in [0.3, 0.4) is 0 Å². The van der Waals surface area contributed by atoms with Gasteiger partial charge in [0.15, 0.2) is 0 Å². The molecular weight excluding hydrogens is 240 g/mol. The molecule has 0 aromatic heterocycles. The van der Waals surface area contributed by atoms with Gasteiger partial charge in [0.2, 0.25) is 5.91 Å². The highest BCUT2D eigenvalue weighted by molar-refractivity contribution is 6.31. The predicted molar refractivity (Wildman–Crippen MR) is 70.2 cm³/mol. The number of nitrogens with two attached hydrogens (primary N) is 1. The monoisotopic (exact) mass is 256 g/mol. The number of rotatable bonds is 6. The molecule has 4 nitrogen and oxygen atoms in total. The molecule has 0 radical (unpaired) electrons. The van der Waals surface area contributed by atoms with Crippen molar-refractivity contribution >= 4 is 28.9 Å². The number of amides is 1. The van der Waals surface area contributed by atoms with Crippen LogP contribution in [0.1, 0.15) is 19.8 Å². The minimum atomic E-state index is -0.213. The number of anilines is 2. The van der Waals surface area contributed by atoms with Crippen molar-refractivity contribution < 1.29 is 9.53 Å². The van der Waals surface area contributed by atoms with Crippen molar-refractivity contribution in [1.82, 2.24) is 0 Å². The van der Waals surface area contributed by atoms with E-state index in [9.17, 15) is 4.79 Å². The van der Waals surface area contributed by atoms with Crippen LogP contribution < -0.4 is 11.1 Å². The average molecular weight is 257 g/mol. The van der Waals surface area contributed by atoms with Crippen molar-refractivity contribution in [2.24, 2.45) is 0 Å². The minimum absolute atomic E-state index is 0.0437. The lowest BCUT2D eigenvalue weighted by atomic mass is 10.2. The summed E-state index contributed by atoms with van der Waals surface area (Å²) in [7, 11) is 0. The highest BCUT2D eigenvalue weighted by Crippen LogP contribution is 2.22. The van der Waals surface area contributed by atoms with Crippen LogP contribution in [-0.2, 0) is 9.53 Å². The Balaban J connectivity index is 2.40. The van der Waals surface area contributed by atoms with Crippen LogP contribution in [0.2, 0.25) is 5.02 Å². The number of hydrogen-bond donors (Lipinski definition) is 2. The number of nitrogens with one attached hydrogen (secondary N) is 1. The van der Waals surface area contributed by atoms with Gasteiger partial charge < -0.3 is 15.8 Å². The summed E-state index contributed by atoms with van der Waals surface area (Å²) in [5.74, 6) is -0.213. The lowest BCUT2D eigenvalue weighted by molar-refractivity contribution is -0.120. The molecule has 1 amide bonds. The second-order valence-corrected chi connectivity index (χ2v) is 4.12. The van der Waals surface area contributed by atoms with Crippen LogP contribution in [0.15, 0.2) is 18.2 Å². The fraction of sp³-hybridized carbons (Fsp3) is 0.417. The van der Waals surface area contributed by atoms with E-state index in [-0.39, 0.29) is 12.5 Å². The van der Waals surface area contributed by atoms with E-state index >= 15 is 0 Å². The summed E-state index contributed by atoms with van der Waals surface area (Å²) in [6.07, 6.45) is 2.00. The third-order valence-corrected chi connectivity index (χ3v) is 2.40. The third kappa shape index (κ3) is 5.06. The Hall–Kier alpha value is -1.26. The summed E-state index contributed by atoms with van der Waals surface area (Å²) in [6.45, 7) is 2.71. The Morgan fingerprint density at radius 3 is 2.94 bits per heavy atom. The second-order valence-electron chi connectivity index (χ2n) is 3.69. The van der Waals surface area contributed by atoms with E-state index in [0.717, 1.165) is 12.8 Å². The standard InChI is InChI=1S/C12H17ClN2O2/c1-2-3-6-17-8-12(16)15-11-5-4-9(13)7-10(11)14/h4-5,7H,2-3,6,8,14H2,1H3,(H,15,16). The molecule has 17 heavy (non-hydrogen) atoms. The van der Waals surface area contributed by atoms with Gasteiger partial charge >= 0.3 is 0 Å². The van der Waals surface area contributed by atoms with Crippen molar-refractivity contribution in [3.63, 3.8) is 0 Å². The molecule has 1 aromatic rings. The van der Waals surface area contributed by atoms with Crippen LogP contribution in [-0.4, -0.2) is 19.1 Å². The molecule has 0 heterocycles. The van der Waals surface area contributed by atoms with Crippen molar-refractivity contribution in [2.75, 3.05) is 24.3 Å². The fourth-order valence-electron chi connectivity index (χ4n) is 1.24. The first-order valence-corrected chi connectivity index (χ1v) is 5.94. The quantitative estimate of drug-likeness (QED) is 0.608. The van der Waals surface area contributed by atoms with Gasteiger partial charge in [-0.2, -0.15) is 0 Å². The second kappa shape index (κ2) is 7.14. The largest absolute Gasteiger partial charge is 0.397 e. The molecule has 0 aliphatic carbocycles. The number of hydrogen-bond acceptors (Lipinski definition) is 3. The van der Waals surface area contributed by atoms with Crippen molar-refractivity contribution in [3.05, 3.63) is 23.2 Å². The van der Waals surface area contributed by atoms with E-state index < -0.39 is 0 Å². The van der Waals surface area contributed by atoms with Gasteiger partial charge in [0, 0.05) is 11.6 Å². The summed E-state index contributed by atoms with van der Waals surface area (Å²) in [4.78, 5) is 11.5. The topological polar surface area (TPSA) is 64.3 Å². The maximum Gasteiger partial charge on any atom is 0.250 e.